The molecule has 11 heteroatoms. The summed E-state index contributed by atoms with van der Waals surface area (Å²) in [6.45, 7) is 7.45. The van der Waals surface area contributed by atoms with Crippen molar-refractivity contribution in [2.75, 3.05) is 20.3 Å². The van der Waals surface area contributed by atoms with Crippen molar-refractivity contribution < 1.29 is 53.3 Å². The third-order valence-corrected chi connectivity index (χ3v) is 4.71. The van der Waals surface area contributed by atoms with Gasteiger partial charge >= 0.3 is 17.9 Å². The van der Waals surface area contributed by atoms with Crippen LogP contribution in [0.4, 0.5) is 0 Å². The molecule has 0 bridgehead atoms. The van der Waals surface area contributed by atoms with Crippen LogP contribution in [0.3, 0.4) is 0 Å². The Balaban J connectivity index is 0.000000192. The van der Waals surface area contributed by atoms with Gasteiger partial charge in [0.2, 0.25) is 11.5 Å². The third-order valence-electron chi connectivity index (χ3n) is 4.71. The highest BCUT2D eigenvalue weighted by Gasteiger charge is 2.41. The zero-order valence-corrected chi connectivity index (χ0v) is 19.5. The molecule has 11 nitrogen and oxygen atoms in total. The number of aliphatic hydroxyl groups is 1. The van der Waals surface area contributed by atoms with Gasteiger partial charge in [-0.25, -0.2) is 4.79 Å². The Morgan fingerprint density at radius 2 is 1.35 bits per heavy atom. The first-order chi connectivity index (χ1) is 16.1. The summed E-state index contributed by atoms with van der Waals surface area (Å²) < 4.78 is 36.8. The molecule has 0 fully saturated rings. The summed E-state index contributed by atoms with van der Waals surface area (Å²) in [5.74, 6) is -2.31. The Labute approximate surface area is 196 Å². The third kappa shape index (κ3) is 5.22. The van der Waals surface area contributed by atoms with Crippen LogP contribution in [0.1, 0.15) is 43.6 Å². The van der Waals surface area contributed by atoms with Gasteiger partial charge < -0.3 is 48.5 Å². The lowest BCUT2D eigenvalue weighted by Crippen LogP contribution is -2.37. The number of aliphatic hydroxyl groups excluding tert-OH is 1. The Bertz CT molecular complexity index is 1050. The first-order valence-corrected chi connectivity index (χ1v) is 10.5. The summed E-state index contributed by atoms with van der Waals surface area (Å²) >= 11 is 0. The van der Waals surface area contributed by atoms with E-state index in [9.17, 15) is 15.0 Å². The normalized spacial score (nSPS) is 21.6. The summed E-state index contributed by atoms with van der Waals surface area (Å²) in [4.78, 5) is 11.4. The second-order valence-electron chi connectivity index (χ2n) is 7.41. The smallest absolute Gasteiger partial charge is 0.369 e. The number of hydrogen-bond acceptors (Lipinski definition) is 11. The Morgan fingerprint density at radius 3 is 1.82 bits per heavy atom. The number of carbonyl (C=O) groups is 1. The van der Waals surface area contributed by atoms with Crippen LogP contribution in [0, 0.1) is 0 Å². The van der Waals surface area contributed by atoms with Crippen molar-refractivity contribution >= 4 is 5.97 Å². The zero-order valence-electron chi connectivity index (χ0n) is 19.5. The molecule has 0 amide bonds. The SMILES string of the molecule is CCOC1(C)Oc2cc(C(=O)OC)cc(O)c2O1.CCOC1(C)Oc2cc(CO)cc(O)c2O1. The van der Waals surface area contributed by atoms with E-state index >= 15 is 0 Å². The quantitative estimate of drug-likeness (QED) is 0.525. The lowest BCUT2D eigenvalue weighted by molar-refractivity contribution is -0.267. The molecular formula is C23H28O11. The highest BCUT2D eigenvalue weighted by atomic mass is 16.9. The molecule has 0 aliphatic carbocycles. The fourth-order valence-corrected chi connectivity index (χ4v) is 3.37. The number of phenols is 2. The van der Waals surface area contributed by atoms with Gasteiger partial charge in [0.15, 0.2) is 23.0 Å². The van der Waals surface area contributed by atoms with E-state index in [-0.39, 0.29) is 40.9 Å². The molecule has 3 N–H and O–H groups in total. The maximum absolute atomic E-state index is 11.4. The molecule has 2 aliphatic rings. The molecule has 2 heterocycles. The van der Waals surface area contributed by atoms with Gasteiger partial charge in [0, 0.05) is 13.8 Å². The number of hydrogen-bond donors (Lipinski definition) is 3. The van der Waals surface area contributed by atoms with E-state index in [1.807, 2.05) is 6.92 Å². The molecule has 0 spiro atoms. The number of esters is 1. The lowest BCUT2D eigenvalue weighted by atomic mass is 10.2. The summed E-state index contributed by atoms with van der Waals surface area (Å²) in [5.41, 5.74) is 0.735. The highest BCUT2D eigenvalue weighted by Crippen LogP contribution is 2.47. The van der Waals surface area contributed by atoms with Gasteiger partial charge in [0.25, 0.3) is 0 Å². The van der Waals surface area contributed by atoms with Crippen LogP contribution in [0.15, 0.2) is 24.3 Å². The van der Waals surface area contributed by atoms with Crippen molar-refractivity contribution in [1.29, 1.82) is 0 Å². The van der Waals surface area contributed by atoms with E-state index in [2.05, 4.69) is 4.74 Å². The molecule has 2 atom stereocenters. The largest absolute Gasteiger partial charge is 0.504 e. The van der Waals surface area contributed by atoms with E-state index in [1.54, 1.807) is 26.8 Å². The number of rotatable bonds is 6. The molecule has 4 rings (SSSR count). The van der Waals surface area contributed by atoms with E-state index < -0.39 is 17.9 Å². The minimum absolute atomic E-state index is 0.0648. The summed E-state index contributed by atoms with van der Waals surface area (Å²) in [7, 11) is 1.26. The average Bonchev–Trinajstić information content (AvgIpc) is 3.30. The van der Waals surface area contributed by atoms with Crippen LogP contribution in [0.5, 0.6) is 34.5 Å². The van der Waals surface area contributed by atoms with Crippen LogP contribution in [-0.4, -0.2) is 53.6 Å². The average molecular weight is 480 g/mol. The minimum atomic E-state index is -1.29. The van der Waals surface area contributed by atoms with Gasteiger partial charge in [-0.05, 0) is 43.7 Å². The number of fused-ring (bicyclic) bond motifs is 2. The van der Waals surface area contributed by atoms with E-state index in [0.29, 0.717) is 24.5 Å². The summed E-state index contributed by atoms with van der Waals surface area (Å²) in [6.07, 6.45) is 0. The van der Waals surface area contributed by atoms with Gasteiger partial charge in [-0.1, -0.05) is 0 Å². The van der Waals surface area contributed by atoms with Gasteiger partial charge in [0.1, 0.15) is 0 Å². The molecule has 186 valence electrons. The molecule has 0 saturated heterocycles. The highest BCUT2D eigenvalue weighted by molar-refractivity contribution is 5.91. The van der Waals surface area contributed by atoms with Crippen LogP contribution in [0.25, 0.3) is 0 Å². The van der Waals surface area contributed by atoms with Crippen molar-refractivity contribution in [3.05, 3.63) is 35.4 Å². The maximum atomic E-state index is 11.4. The fourth-order valence-electron chi connectivity index (χ4n) is 3.37. The summed E-state index contributed by atoms with van der Waals surface area (Å²) in [6, 6.07) is 5.73. The number of aromatic hydroxyl groups is 2. The number of phenolic OH excluding ortho intramolecular Hbond substituents is 2. The molecule has 0 radical (unpaired) electrons. The number of carbonyl (C=O) groups excluding carboxylic acids is 1. The topological polar surface area (TPSA) is 142 Å². The molecule has 0 saturated carbocycles. The van der Waals surface area contributed by atoms with Gasteiger partial charge in [0.05, 0.1) is 32.5 Å². The van der Waals surface area contributed by atoms with Crippen LogP contribution >= 0.6 is 0 Å². The monoisotopic (exact) mass is 480 g/mol. The van der Waals surface area contributed by atoms with E-state index in [1.165, 1.54) is 25.3 Å². The van der Waals surface area contributed by atoms with Gasteiger partial charge in [-0.15, -0.1) is 0 Å². The molecule has 0 aromatic heterocycles. The minimum Gasteiger partial charge on any atom is -0.504 e. The fraction of sp³-hybridized carbons (Fsp3) is 0.435. The second-order valence-corrected chi connectivity index (χ2v) is 7.41. The molecule has 2 aromatic rings. The molecule has 2 unspecified atom stereocenters. The second kappa shape index (κ2) is 9.84. The van der Waals surface area contributed by atoms with Crippen molar-refractivity contribution in [3.63, 3.8) is 0 Å². The standard InChI is InChI=1S/C12H14O6.C11H14O5/c1-4-16-12(2)17-9-6-7(11(14)15-3)5-8(13)10(9)18-12;1-3-14-11(2)15-9-5-7(6-12)4-8(13)10(9)16-11/h5-6,13H,4H2,1-3H3;4-5,12-13H,3,6H2,1-2H3. The van der Waals surface area contributed by atoms with Crippen LogP contribution in [-0.2, 0) is 20.8 Å². The number of methoxy groups -OCH3 is 1. The van der Waals surface area contributed by atoms with Crippen LogP contribution in [0.2, 0.25) is 0 Å². The Hall–Kier alpha value is -3.41. The number of ether oxygens (including phenoxy) is 7. The van der Waals surface area contributed by atoms with E-state index in [4.69, 9.17) is 33.5 Å². The van der Waals surface area contributed by atoms with E-state index in [0.717, 1.165) is 0 Å². The number of benzene rings is 2. The van der Waals surface area contributed by atoms with Gasteiger partial charge in [-0.2, -0.15) is 0 Å². The predicted molar refractivity (Wildman–Crippen MR) is 116 cm³/mol. The predicted octanol–water partition coefficient (Wildman–Crippen LogP) is 3.03. The van der Waals surface area contributed by atoms with Crippen molar-refractivity contribution in [3.8, 4) is 34.5 Å². The van der Waals surface area contributed by atoms with Gasteiger partial charge in [-0.3, -0.25) is 0 Å². The molecule has 34 heavy (non-hydrogen) atoms. The lowest BCUT2D eigenvalue weighted by Gasteiger charge is -2.21. The maximum Gasteiger partial charge on any atom is 0.369 e. The Kier molecular flexibility index (Phi) is 7.29. The first kappa shape index (κ1) is 25.2. The molecule has 2 aliphatic heterocycles. The Morgan fingerprint density at radius 1 is 0.853 bits per heavy atom. The van der Waals surface area contributed by atoms with Crippen LogP contribution < -0.4 is 18.9 Å². The first-order valence-electron chi connectivity index (χ1n) is 10.5. The van der Waals surface area contributed by atoms with Crippen molar-refractivity contribution in [1.82, 2.24) is 0 Å². The summed E-state index contributed by atoms with van der Waals surface area (Å²) in [5, 5.41) is 28.4. The zero-order chi connectivity index (χ0) is 25.1. The van der Waals surface area contributed by atoms with Crippen molar-refractivity contribution in [2.45, 2.75) is 46.2 Å². The molecular weight excluding hydrogens is 452 g/mol. The molecule has 2 aromatic carbocycles. The van der Waals surface area contributed by atoms with Crippen molar-refractivity contribution in [2.24, 2.45) is 0 Å².